The second-order valence-corrected chi connectivity index (χ2v) is 9.88. The highest BCUT2D eigenvalue weighted by atomic mass is 16.5. The van der Waals surface area contributed by atoms with Gasteiger partial charge in [0.05, 0.1) is 18.2 Å². The van der Waals surface area contributed by atoms with Crippen molar-refractivity contribution in [2.24, 2.45) is 0 Å². The monoisotopic (exact) mass is 529 g/mol. The van der Waals surface area contributed by atoms with Crippen molar-refractivity contribution >= 4 is 10.8 Å². The highest BCUT2D eigenvalue weighted by molar-refractivity contribution is 6.04. The van der Waals surface area contributed by atoms with E-state index in [1.54, 1.807) is 0 Å². The van der Waals surface area contributed by atoms with Crippen molar-refractivity contribution in [2.75, 3.05) is 0 Å². The van der Waals surface area contributed by atoms with Gasteiger partial charge in [0.2, 0.25) is 0 Å². The fraction of sp³-hybridized carbons (Fsp3) is 0. The van der Waals surface area contributed by atoms with Gasteiger partial charge in [-0.15, -0.1) is 0 Å². The molecular weight excluding hydrogens is 500 g/mol. The summed E-state index contributed by atoms with van der Waals surface area (Å²) in [4.78, 5) is 9.42. The van der Waals surface area contributed by atoms with Crippen molar-refractivity contribution in [1.82, 2.24) is 9.97 Å². The summed E-state index contributed by atoms with van der Waals surface area (Å²) in [5.74, 6) is 1.75. The minimum Gasteiger partial charge on any atom is -0.456 e. The van der Waals surface area contributed by atoms with Crippen LogP contribution in [0.2, 0.25) is 0 Å². The number of rotatable bonds is 4. The molecule has 0 saturated heterocycles. The van der Waals surface area contributed by atoms with Crippen LogP contribution in [0.5, 0.6) is 11.5 Å². The Labute approximate surface area is 245 Å². The largest absolute Gasteiger partial charge is 0.456 e. The molecule has 1 aliphatic heterocycles. The van der Waals surface area contributed by atoms with E-state index in [0.717, 1.165) is 55.7 Å². The third-order valence-corrected chi connectivity index (χ3v) is 7.39. The molecule has 6 aromatic carbocycles. The van der Waals surface area contributed by atoms with Crippen LogP contribution in [0.3, 0.4) is 0 Å². The number of hydrogen-bond donors (Lipinski definition) is 0. The van der Waals surface area contributed by atoms with Crippen molar-refractivity contribution in [3.05, 3.63) is 145 Å². The Morgan fingerprint density at radius 2 is 1.17 bits per heavy atom. The number of ether oxygens (including phenoxy) is 1. The summed E-state index contributed by atoms with van der Waals surface area (Å²) in [6, 6.07) is 36.1. The first-order chi connectivity index (χ1) is 22.4. The summed E-state index contributed by atoms with van der Waals surface area (Å²) in [6.07, 6.45) is 0. The van der Waals surface area contributed by atoms with Crippen LogP contribution in [-0.2, 0) is 0 Å². The molecule has 2 heterocycles. The Bertz CT molecular complexity index is 2310. The number of benzene rings is 6. The maximum Gasteiger partial charge on any atom is 0.160 e. The second-order valence-electron chi connectivity index (χ2n) is 9.88. The van der Waals surface area contributed by atoms with Crippen LogP contribution in [0.1, 0.15) is 6.85 Å². The van der Waals surface area contributed by atoms with Crippen molar-refractivity contribution in [1.29, 1.82) is 0 Å². The third-order valence-electron chi connectivity index (χ3n) is 7.39. The molecule has 41 heavy (non-hydrogen) atoms. The first-order valence-electron chi connectivity index (χ1n) is 15.8. The number of fused-ring (bicyclic) bond motifs is 2. The van der Waals surface area contributed by atoms with Gasteiger partial charge in [0, 0.05) is 27.6 Å². The van der Waals surface area contributed by atoms with E-state index < -0.39 is 18.1 Å². The Hall–Kier alpha value is -5.54. The quantitative estimate of drug-likeness (QED) is 0.227. The highest BCUT2D eigenvalue weighted by Crippen LogP contribution is 2.47. The molecule has 0 N–H and O–H groups in total. The SMILES string of the molecule is [2H]c1c([2H])c([2H])c(-c2nc(-c3ccccc3)cc(-c3ccc(-c4ccc5c(c4)-c4cccc6cccc(c46)O5)cc3)n2)c([2H])c1[2H]. The number of hydrogen-bond acceptors (Lipinski definition) is 3. The van der Waals surface area contributed by atoms with Gasteiger partial charge in [-0.1, -0.05) is 121 Å². The first kappa shape index (κ1) is 18.7. The summed E-state index contributed by atoms with van der Waals surface area (Å²) < 4.78 is 47.7. The third kappa shape index (κ3) is 4.16. The number of nitrogens with zero attached hydrogens (tertiary/aromatic N) is 2. The average molecular weight is 530 g/mol. The Balaban J connectivity index is 1.22. The molecule has 8 rings (SSSR count). The van der Waals surface area contributed by atoms with E-state index in [2.05, 4.69) is 41.4 Å². The van der Waals surface area contributed by atoms with Crippen LogP contribution in [0.15, 0.2) is 145 Å². The van der Waals surface area contributed by atoms with Gasteiger partial charge in [0.25, 0.3) is 0 Å². The molecule has 1 aliphatic rings. The van der Waals surface area contributed by atoms with Gasteiger partial charge in [-0.3, -0.25) is 0 Å². The van der Waals surface area contributed by atoms with E-state index in [1.807, 2.05) is 78.9 Å². The van der Waals surface area contributed by atoms with Gasteiger partial charge in [-0.05, 0) is 46.3 Å². The van der Waals surface area contributed by atoms with Gasteiger partial charge in [0.15, 0.2) is 5.82 Å². The molecule has 7 aromatic rings. The van der Waals surface area contributed by atoms with E-state index in [0.29, 0.717) is 11.4 Å². The summed E-state index contributed by atoms with van der Waals surface area (Å²) in [5.41, 5.74) is 6.99. The maximum atomic E-state index is 8.53. The lowest BCUT2D eigenvalue weighted by atomic mass is 9.92. The summed E-state index contributed by atoms with van der Waals surface area (Å²) in [5, 5.41) is 2.25. The molecule has 0 unspecified atom stereocenters. The minimum atomic E-state index is -0.455. The van der Waals surface area contributed by atoms with Crippen LogP contribution < -0.4 is 4.74 Å². The van der Waals surface area contributed by atoms with Crippen molar-refractivity contribution in [3.8, 4) is 67.7 Å². The van der Waals surface area contributed by atoms with E-state index in [9.17, 15) is 0 Å². The Morgan fingerprint density at radius 1 is 0.488 bits per heavy atom. The second kappa shape index (κ2) is 9.58. The fourth-order valence-corrected chi connectivity index (χ4v) is 5.40. The van der Waals surface area contributed by atoms with E-state index in [4.69, 9.17) is 16.6 Å². The van der Waals surface area contributed by atoms with Crippen molar-refractivity contribution in [3.63, 3.8) is 0 Å². The topological polar surface area (TPSA) is 35.0 Å². The zero-order valence-corrected chi connectivity index (χ0v) is 21.8. The molecule has 192 valence electrons. The molecule has 0 amide bonds. The summed E-state index contributed by atoms with van der Waals surface area (Å²) >= 11 is 0. The average Bonchev–Trinajstić information content (AvgIpc) is 3.10. The first-order valence-corrected chi connectivity index (χ1v) is 13.3. The van der Waals surface area contributed by atoms with Gasteiger partial charge in [-0.2, -0.15) is 0 Å². The molecule has 0 spiro atoms. The zero-order valence-electron chi connectivity index (χ0n) is 26.8. The minimum absolute atomic E-state index is 0.0328. The lowest BCUT2D eigenvalue weighted by Gasteiger charge is -2.22. The predicted octanol–water partition coefficient (Wildman–Crippen LogP) is 10.1. The van der Waals surface area contributed by atoms with Crippen LogP contribution in [0.4, 0.5) is 0 Å². The molecule has 1 aromatic heterocycles. The summed E-state index contributed by atoms with van der Waals surface area (Å²) in [7, 11) is 0. The zero-order chi connectivity index (χ0) is 31.5. The standard InChI is InChI=1S/C38H24N2O/c1-3-9-26(10-4-1)33-24-34(40-38(39-33)29-11-5-2-6-12-29)27-19-17-25(18-20-27)30-21-22-35-32(23-30)31-15-7-13-28-14-8-16-36(41-35)37(28)31/h1-24H/i2D,5D,6D,11D,12D. The van der Waals surface area contributed by atoms with Crippen molar-refractivity contribution < 1.29 is 11.6 Å². The normalized spacial score (nSPS) is 13.3. The molecule has 0 aliphatic carbocycles. The Kier molecular flexibility index (Phi) is 4.37. The molecule has 0 fully saturated rings. The van der Waals surface area contributed by atoms with Crippen LogP contribution in [-0.4, -0.2) is 9.97 Å². The molecule has 3 heteroatoms. The highest BCUT2D eigenvalue weighted by Gasteiger charge is 2.20. The molecule has 0 radical (unpaired) electrons. The molecule has 0 atom stereocenters. The van der Waals surface area contributed by atoms with Gasteiger partial charge >= 0.3 is 0 Å². The molecule has 0 bridgehead atoms. The lowest BCUT2D eigenvalue weighted by molar-refractivity contribution is 0.487. The molecule has 0 saturated carbocycles. The van der Waals surface area contributed by atoms with E-state index >= 15 is 0 Å². The van der Waals surface area contributed by atoms with Crippen LogP contribution in [0, 0.1) is 0 Å². The molecule has 3 nitrogen and oxygen atoms in total. The maximum absolute atomic E-state index is 8.53. The van der Waals surface area contributed by atoms with Crippen molar-refractivity contribution in [2.45, 2.75) is 0 Å². The Morgan fingerprint density at radius 3 is 1.95 bits per heavy atom. The van der Waals surface area contributed by atoms with E-state index in [-0.39, 0.29) is 23.5 Å². The fourth-order valence-electron chi connectivity index (χ4n) is 5.40. The van der Waals surface area contributed by atoms with Crippen LogP contribution >= 0.6 is 0 Å². The summed E-state index contributed by atoms with van der Waals surface area (Å²) in [6.45, 7) is 0. The van der Waals surface area contributed by atoms with Crippen LogP contribution in [0.25, 0.3) is 66.9 Å². The van der Waals surface area contributed by atoms with Gasteiger partial charge < -0.3 is 4.74 Å². The smallest absolute Gasteiger partial charge is 0.160 e. The van der Waals surface area contributed by atoms with E-state index in [1.165, 1.54) is 0 Å². The lowest BCUT2D eigenvalue weighted by Crippen LogP contribution is -1.97. The van der Waals surface area contributed by atoms with Gasteiger partial charge in [0.1, 0.15) is 11.5 Å². The van der Waals surface area contributed by atoms with Gasteiger partial charge in [-0.25, -0.2) is 9.97 Å². The molecular formula is C38H24N2O. The predicted molar refractivity (Wildman–Crippen MR) is 167 cm³/mol. The number of aromatic nitrogens is 2.